The predicted octanol–water partition coefficient (Wildman–Crippen LogP) is 0.923. The number of nitrogens with zero attached hydrogens (tertiary/aromatic N) is 1. The molecule has 1 unspecified atom stereocenters. The lowest BCUT2D eigenvalue weighted by atomic mass is 10.1. The van der Waals surface area contributed by atoms with E-state index in [4.69, 9.17) is 5.84 Å². The third-order valence-electron chi connectivity index (χ3n) is 3.30. The number of nitrogens with one attached hydrogen (secondary N) is 1. The number of hydrogen-bond donors (Lipinski definition) is 2. The molecule has 0 saturated carbocycles. The zero-order valence-corrected chi connectivity index (χ0v) is 12.5. The molecule has 1 fully saturated rings. The van der Waals surface area contributed by atoms with Crippen molar-refractivity contribution in [1.82, 2.24) is 5.43 Å². The SMILES string of the molecule is CC(=O)SCC1CC(=O)N(c2ccccc2C(=O)NN)C1. The Balaban J connectivity index is 2.17. The van der Waals surface area contributed by atoms with Crippen LogP contribution in [0.25, 0.3) is 0 Å². The van der Waals surface area contributed by atoms with Crippen LogP contribution in [0.15, 0.2) is 24.3 Å². The number of rotatable bonds is 4. The minimum absolute atomic E-state index is 0.0403. The summed E-state index contributed by atoms with van der Waals surface area (Å²) in [6.45, 7) is 2.02. The summed E-state index contributed by atoms with van der Waals surface area (Å²) in [4.78, 5) is 36.5. The summed E-state index contributed by atoms with van der Waals surface area (Å²) in [5.41, 5.74) is 3.01. The Morgan fingerprint density at radius 1 is 1.43 bits per heavy atom. The first-order valence-electron chi connectivity index (χ1n) is 6.56. The number of amides is 2. The van der Waals surface area contributed by atoms with E-state index >= 15 is 0 Å². The maximum Gasteiger partial charge on any atom is 0.267 e. The molecule has 21 heavy (non-hydrogen) atoms. The number of carbonyl (C=O) groups is 3. The largest absolute Gasteiger partial charge is 0.311 e. The standard InChI is InChI=1S/C14H17N3O3S/c1-9(18)21-8-10-6-13(19)17(7-10)12-5-3-2-4-11(12)14(20)16-15/h2-5,10H,6-8,15H2,1H3,(H,16,20). The van der Waals surface area contributed by atoms with Crippen molar-refractivity contribution in [2.75, 3.05) is 17.2 Å². The predicted molar refractivity (Wildman–Crippen MR) is 81.7 cm³/mol. The molecule has 1 aliphatic rings. The van der Waals surface area contributed by atoms with Gasteiger partial charge in [0, 0.05) is 25.6 Å². The number of hydrazine groups is 1. The highest BCUT2D eigenvalue weighted by Crippen LogP contribution is 2.29. The maximum atomic E-state index is 12.2. The Kier molecular flexibility index (Phi) is 4.98. The number of anilines is 1. The lowest BCUT2D eigenvalue weighted by Gasteiger charge is -2.19. The summed E-state index contributed by atoms with van der Waals surface area (Å²) in [6, 6.07) is 6.84. The number of nitrogen functional groups attached to an aromatic ring is 1. The Labute approximate surface area is 127 Å². The molecular formula is C14H17N3O3S. The van der Waals surface area contributed by atoms with Gasteiger partial charge in [0.15, 0.2) is 5.12 Å². The van der Waals surface area contributed by atoms with Gasteiger partial charge in [0.25, 0.3) is 5.91 Å². The third kappa shape index (κ3) is 3.62. The Bertz CT molecular complexity index is 576. The fourth-order valence-corrected chi connectivity index (χ4v) is 3.03. The molecule has 0 bridgehead atoms. The van der Waals surface area contributed by atoms with Gasteiger partial charge in [0.1, 0.15) is 0 Å². The van der Waals surface area contributed by atoms with Crippen LogP contribution in [0.1, 0.15) is 23.7 Å². The minimum atomic E-state index is -0.431. The molecule has 1 aliphatic heterocycles. The van der Waals surface area contributed by atoms with Gasteiger partial charge in [-0.05, 0) is 18.1 Å². The Morgan fingerprint density at radius 2 is 2.14 bits per heavy atom. The molecule has 1 atom stereocenters. The van der Waals surface area contributed by atoms with Crippen LogP contribution in [0.3, 0.4) is 0 Å². The zero-order chi connectivity index (χ0) is 15.4. The third-order valence-corrected chi connectivity index (χ3v) is 4.34. The molecule has 1 aromatic carbocycles. The van der Waals surface area contributed by atoms with Crippen molar-refractivity contribution in [3.63, 3.8) is 0 Å². The quantitative estimate of drug-likeness (QED) is 0.490. The summed E-state index contributed by atoms with van der Waals surface area (Å²) in [5, 5.41) is 0.0452. The fourth-order valence-electron chi connectivity index (χ4n) is 2.34. The van der Waals surface area contributed by atoms with Crippen LogP contribution in [0.5, 0.6) is 0 Å². The van der Waals surface area contributed by atoms with Gasteiger partial charge in [-0.3, -0.25) is 19.8 Å². The number of carbonyl (C=O) groups excluding carboxylic acids is 3. The number of benzene rings is 1. The summed E-state index contributed by atoms with van der Waals surface area (Å²) in [7, 11) is 0. The summed E-state index contributed by atoms with van der Waals surface area (Å²) in [6.07, 6.45) is 0.388. The van der Waals surface area contributed by atoms with Gasteiger partial charge in [0.2, 0.25) is 5.91 Å². The molecule has 0 aromatic heterocycles. The van der Waals surface area contributed by atoms with Gasteiger partial charge in [-0.25, -0.2) is 5.84 Å². The zero-order valence-electron chi connectivity index (χ0n) is 11.7. The van der Waals surface area contributed by atoms with E-state index in [2.05, 4.69) is 5.43 Å². The van der Waals surface area contributed by atoms with Crippen LogP contribution in [-0.4, -0.2) is 29.2 Å². The van der Waals surface area contributed by atoms with Crippen molar-refractivity contribution in [1.29, 1.82) is 0 Å². The second-order valence-electron chi connectivity index (χ2n) is 4.87. The second kappa shape index (κ2) is 6.73. The van der Waals surface area contributed by atoms with Crippen LogP contribution >= 0.6 is 11.8 Å². The van der Waals surface area contributed by atoms with E-state index in [1.165, 1.54) is 18.7 Å². The van der Waals surface area contributed by atoms with Crippen molar-refractivity contribution in [2.24, 2.45) is 11.8 Å². The Morgan fingerprint density at radius 3 is 2.81 bits per heavy atom. The average Bonchev–Trinajstić information content (AvgIpc) is 2.85. The van der Waals surface area contributed by atoms with Crippen molar-refractivity contribution in [2.45, 2.75) is 13.3 Å². The highest BCUT2D eigenvalue weighted by Gasteiger charge is 2.32. The Hall–Kier alpha value is -1.86. The van der Waals surface area contributed by atoms with Crippen LogP contribution in [0.2, 0.25) is 0 Å². The van der Waals surface area contributed by atoms with E-state index in [0.717, 1.165) is 0 Å². The molecule has 2 rings (SSSR count). The van der Waals surface area contributed by atoms with E-state index < -0.39 is 5.91 Å². The maximum absolute atomic E-state index is 12.2. The van der Waals surface area contributed by atoms with E-state index in [-0.39, 0.29) is 16.9 Å². The van der Waals surface area contributed by atoms with Crippen LogP contribution in [0.4, 0.5) is 5.69 Å². The van der Waals surface area contributed by atoms with Crippen molar-refractivity contribution in [3.8, 4) is 0 Å². The number of hydrogen-bond acceptors (Lipinski definition) is 5. The van der Waals surface area contributed by atoms with Crippen molar-refractivity contribution in [3.05, 3.63) is 29.8 Å². The first-order chi connectivity index (χ1) is 10.0. The molecule has 1 heterocycles. The van der Waals surface area contributed by atoms with Gasteiger partial charge in [0.05, 0.1) is 11.3 Å². The highest BCUT2D eigenvalue weighted by atomic mass is 32.2. The summed E-state index contributed by atoms with van der Waals surface area (Å²) >= 11 is 1.23. The lowest BCUT2D eigenvalue weighted by molar-refractivity contribution is -0.117. The molecule has 6 nitrogen and oxygen atoms in total. The topological polar surface area (TPSA) is 92.5 Å². The summed E-state index contributed by atoms with van der Waals surface area (Å²) in [5.74, 6) is 5.43. The molecule has 7 heteroatoms. The van der Waals surface area contributed by atoms with Crippen molar-refractivity contribution < 1.29 is 14.4 Å². The number of para-hydroxylation sites is 1. The second-order valence-corrected chi connectivity index (χ2v) is 6.06. The monoisotopic (exact) mass is 307 g/mol. The molecule has 0 radical (unpaired) electrons. The van der Waals surface area contributed by atoms with Gasteiger partial charge in [-0.2, -0.15) is 0 Å². The van der Waals surface area contributed by atoms with Crippen LogP contribution in [-0.2, 0) is 9.59 Å². The number of nitrogens with two attached hydrogens (primary N) is 1. The first-order valence-corrected chi connectivity index (χ1v) is 7.55. The van der Waals surface area contributed by atoms with E-state index in [0.29, 0.717) is 30.0 Å². The normalized spacial score (nSPS) is 17.9. The lowest BCUT2D eigenvalue weighted by Crippen LogP contribution is -2.33. The highest BCUT2D eigenvalue weighted by molar-refractivity contribution is 8.13. The minimum Gasteiger partial charge on any atom is -0.311 e. The van der Waals surface area contributed by atoms with E-state index in [1.807, 2.05) is 0 Å². The first kappa shape index (κ1) is 15.5. The number of thioether (sulfide) groups is 1. The van der Waals surface area contributed by atoms with Gasteiger partial charge in [-0.1, -0.05) is 23.9 Å². The van der Waals surface area contributed by atoms with Gasteiger partial charge < -0.3 is 4.90 Å². The molecule has 0 aliphatic carbocycles. The van der Waals surface area contributed by atoms with Crippen LogP contribution < -0.4 is 16.2 Å². The van der Waals surface area contributed by atoms with E-state index in [9.17, 15) is 14.4 Å². The molecule has 1 aromatic rings. The molecule has 1 saturated heterocycles. The van der Waals surface area contributed by atoms with Crippen LogP contribution in [0, 0.1) is 5.92 Å². The molecule has 3 N–H and O–H groups in total. The average molecular weight is 307 g/mol. The van der Waals surface area contributed by atoms with Gasteiger partial charge >= 0.3 is 0 Å². The van der Waals surface area contributed by atoms with Crippen molar-refractivity contribution >= 4 is 34.4 Å². The summed E-state index contributed by atoms with van der Waals surface area (Å²) < 4.78 is 0. The smallest absolute Gasteiger partial charge is 0.267 e. The van der Waals surface area contributed by atoms with Gasteiger partial charge in [-0.15, -0.1) is 0 Å². The van der Waals surface area contributed by atoms with E-state index in [1.54, 1.807) is 29.2 Å². The molecule has 0 spiro atoms. The molecular weight excluding hydrogens is 290 g/mol. The molecule has 2 amide bonds. The molecule has 112 valence electrons. The fraction of sp³-hybridized carbons (Fsp3) is 0.357.